The van der Waals surface area contributed by atoms with Crippen molar-refractivity contribution < 1.29 is 5.11 Å². The molecule has 0 aromatic carbocycles. The van der Waals surface area contributed by atoms with Crippen LogP contribution in [0, 0.1) is 0 Å². The zero-order chi connectivity index (χ0) is 12.8. The second-order valence-corrected chi connectivity index (χ2v) is 4.80. The first-order valence-electron chi connectivity index (χ1n) is 6.94. The number of nitrogens with zero attached hydrogens (tertiary/aromatic N) is 2. The molecule has 1 aromatic heterocycles. The van der Waals surface area contributed by atoms with Gasteiger partial charge in [0.25, 0.3) is 0 Å². The summed E-state index contributed by atoms with van der Waals surface area (Å²) in [6.07, 6.45) is 6.14. The summed E-state index contributed by atoms with van der Waals surface area (Å²) < 4.78 is 2.04. The van der Waals surface area contributed by atoms with Gasteiger partial charge < -0.3 is 5.11 Å². The SMILES string of the molecule is CCCCc1c(O)c(CCC)nn1C(C)CC. The second-order valence-electron chi connectivity index (χ2n) is 4.80. The molecule has 0 aliphatic carbocycles. The Hall–Kier alpha value is -0.990. The first-order valence-corrected chi connectivity index (χ1v) is 6.94. The highest BCUT2D eigenvalue weighted by Crippen LogP contribution is 2.28. The average Bonchev–Trinajstić information content (AvgIpc) is 2.64. The third-order valence-electron chi connectivity index (χ3n) is 3.31. The van der Waals surface area contributed by atoms with Crippen molar-refractivity contribution in [3.05, 3.63) is 11.4 Å². The first-order chi connectivity index (χ1) is 8.15. The van der Waals surface area contributed by atoms with Crippen LogP contribution in [0.25, 0.3) is 0 Å². The number of aryl methyl sites for hydroxylation is 1. The maximum Gasteiger partial charge on any atom is 0.160 e. The molecule has 0 aliphatic rings. The third-order valence-corrected chi connectivity index (χ3v) is 3.31. The average molecular weight is 238 g/mol. The summed E-state index contributed by atoms with van der Waals surface area (Å²) in [7, 11) is 0. The summed E-state index contributed by atoms with van der Waals surface area (Å²) in [6, 6.07) is 0.373. The highest BCUT2D eigenvalue weighted by molar-refractivity contribution is 5.33. The van der Waals surface area contributed by atoms with E-state index < -0.39 is 0 Å². The van der Waals surface area contributed by atoms with Crippen molar-refractivity contribution in [1.29, 1.82) is 0 Å². The van der Waals surface area contributed by atoms with E-state index in [1.807, 2.05) is 4.68 Å². The summed E-state index contributed by atoms with van der Waals surface area (Å²) in [5.74, 6) is 0.445. The van der Waals surface area contributed by atoms with Gasteiger partial charge in [0.1, 0.15) is 5.69 Å². The van der Waals surface area contributed by atoms with Gasteiger partial charge in [-0.05, 0) is 32.6 Å². The van der Waals surface area contributed by atoms with Gasteiger partial charge in [0, 0.05) is 6.04 Å². The molecule has 0 radical (unpaired) electrons. The minimum Gasteiger partial charge on any atom is -0.504 e. The lowest BCUT2D eigenvalue weighted by molar-refractivity contribution is 0.434. The molecular weight excluding hydrogens is 212 g/mol. The van der Waals surface area contributed by atoms with Gasteiger partial charge in [-0.1, -0.05) is 33.6 Å². The minimum atomic E-state index is 0.373. The molecule has 1 unspecified atom stereocenters. The fraction of sp³-hybridized carbons (Fsp3) is 0.786. The number of unbranched alkanes of at least 4 members (excludes halogenated alkanes) is 1. The first kappa shape index (κ1) is 14.1. The zero-order valence-corrected chi connectivity index (χ0v) is 11.7. The van der Waals surface area contributed by atoms with Gasteiger partial charge in [-0.2, -0.15) is 5.10 Å². The van der Waals surface area contributed by atoms with Crippen LogP contribution in [-0.4, -0.2) is 14.9 Å². The quantitative estimate of drug-likeness (QED) is 0.783. The van der Waals surface area contributed by atoms with Crippen molar-refractivity contribution in [2.75, 3.05) is 0 Å². The van der Waals surface area contributed by atoms with Crippen molar-refractivity contribution >= 4 is 0 Å². The van der Waals surface area contributed by atoms with Crippen molar-refractivity contribution in [3.8, 4) is 5.75 Å². The molecule has 17 heavy (non-hydrogen) atoms. The normalized spacial score (nSPS) is 12.9. The second kappa shape index (κ2) is 6.67. The predicted molar refractivity (Wildman–Crippen MR) is 71.5 cm³/mol. The Morgan fingerprint density at radius 3 is 2.41 bits per heavy atom. The Bertz CT molecular complexity index is 344. The molecule has 0 fully saturated rings. The van der Waals surface area contributed by atoms with E-state index in [1.54, 1.807) is 0 Å². The number of hydrogen-bond acceptors (Lipinski definition) is 2. The van der Waals surface area contributed by atoms with E-state index in [-0.39, 0.29) is 0 Å². The van der Waals surface area contributed by atoms with Crippen molar-refractivity contribution in [1.82, 2.24) is 9.78 Å². The van der Waals surface area contributed by atoms with Crippen LogP contribution in [0.2, 0.25) is 0 Å². The molecule has 98 valence electrons. The molecule has 3 nitrogen and oxygen atoms in total. The molecule has 1 rings (SSSR count). The maximum absolute atomic E-state index is 10.2. The summed E-state index contributed by atoms with van der Waals surface area (Å²) >= 11 is 0. The third kappa shape index (κ3) is 3.24. The lowest BCUT2D eigenvalue weighted by atomic mass is 10.1. The van der Waals surface area contributed by atoms with Gasteiger partial charge in [0.05, 0.1) is 5.69 Å². The van der Waals surface area contributed by atoms with Crippen molar-refractivity contribution in [3.63, 3.8) is 0 Å². The fourth-order valence-corrected chi connectivity index (χ4v) is 2.03. The number of aromatic hydroxyl groups is 1. The highest BCUT2D eigenvalue weighted by atomic mass is 16.3. The van der Waals surface area contributed by atoms with Gasteiger partial charge in [-0.25, -0.2) is 0 Å². The largest absolute Gasteiger partial charge is 0.504 e. The molecule has 1 heterocycles. The molecule has 1 N–H and O–H groups in total. The van der Waals surface area contributed by atoms with E-state index in [2.05, 4.69) is 32.8 Å². The summed E-state index contributed by atoms with van der Waals surface area (Å²) in [5.41, 5.74) is 1.91. The van der Waals surface area contributed by atoms with Crippen molar-refractivity contribution in [2.24, 2.45) is 0 Å². The van der Waals surface area contributed by atoms with Crippen molar-refractivity contribution in [2.45, 2.75) is 72.3 Å². The molecule has 0 saturated heterocycles. The molecule has 3 heteroatoms. The Morgan fingerprint density at radius 1 is 1.18 bits per heavy atom. The van der Waals surface area contributed by atoms with E-state index in [0.717, 1.165) is 49.9 Å². The predicted octanol–water partition coefficient (Wildman–Crippen LogP) is 3.85. The van der Waals surface area contributed by atoms with E-state index in [4.69, 9.17) is 0 Å². The maximum atomic E-state index is 10.2. The lowest BCUT2D eigenvalue weighted by Crippen LogP contribution is -2.10. The summed E-state index contributed by atoms with van der Waals surface area (Å²) in [5, 5.41) is 14.8. The standard InChI is InChI=1S/C14H26N2O/c1-5-8-10-13-14(17)12(9-6-2)15-16(13)11(4)7-3/h11,17H,5-10H2,1-4H3. The molecule has 1 atom stereocenters. The van der Waals surface area contributed by atoms with Crippen LogP contribution in [0.15, 0.2) is 0 Å². The van der Waals surface area contributed by atoms with E-state index >= 15 is 0 Å². The Labute approximate surface area is 105 Å². The fourth-order valence-electron chi connectivity index (χ4n) is 2.03. The molecular formula is C14H26N2O. The molecule has 1 aromatic rings. The van der Waals surface area contributed by atoms with Crippen LogP contribution >= 0.6 is 0 Å². The van der Waals surface area contributed by atoms with Gasteiger partial charge in [-0.3, -0.25) is 4.68 Å². The molecule has 0 bridgehead atoms. The van der Waals surface area contributed by atoms with E-state index in [0.29, 0.717) is 11.8 Å². The lowest BCUT2D eigenvalue weighted by Gasteiger charge is -2.13. The molecule has 0 amide bonds. The zero-order valence-electron chi connectivity index (χ0n) is 11.7. The van der Waals surface area contributed by atoms with E-state index in [9.17, 15) is 5.11 Å². The monoisotopic (exact) mass is 238 g/mol. The van der Waals surface area contributed by atoms with Gasteiger partial charge >= 0.3 is 0 Å². The summed E-state index contributed by atoms with van der Waals surface area (Å²) in [4.78, 5) is 0. The van der Waals surface area contributed by atoms with E-state index in [1.165, 1.54) is 0 Å². The minimum absolute atomic E-state index is 0.373. The van der Waals surface area contributed by atoms with Gasteiger partial charge in [0.2, 0.25) is 0 Å². The van der Waals surface area contributed by atoms with Crippen LogP contribution in [-0.2, 0) is 12.8 Å². The Balaban J connectivity index is 3.02. The van der Waals surface area contributed by atoms with Gasteiger partial charge in [-0.15, -0.1) is 0 Å². The molecule has 0 aliphatic heterocycles. The Morgan fingerprint density at radius 2 is 1.88 bits per heavy atom. The van der Waals surface area contributed by atoms with Crippen LogP contribution in [0.5, 0.6) is 5.75 Å². The number of aromatic nitrogens is 2. The van der Waals surface area contributed by atoms with Crippen LogP contribution in [0.3, 0.4) is 0 Å². The number of rotatable bonds is 7. The highest BCUT2D eigenvalue weighted by Gasteiger charge is 2.18. The van der Waals surface area contributed by atoms with Crippen LogP contribution < -0.4 is 0 Å². The Kier molecular flexibility index (Phi) is 5.52. The number of hydrogen-bond donors (Lipinski definition) is 1. The summed E-state index contributed by atoms with van der Waals surface area (Å²) in [6.45, 7) is 8.62. The topological polar surface area (TPSA) is 38.1 Å². The van der Waals surface area contributed by atoms with Gasteiger partial charge in [0.15, 0.2) is 5.75 Å². The molecule has 0 saturated carbocycles. The smallest absolute Gasteiger partial charge is 0.160 e. The van der Waals surface area contributed by atoms with Crippen LogP contribution in [0.1, 0.15) is 70.8 Å². The molecule has 0 spiro atoms. The van der Waals surface area contributed by atoms with Crippen LogP contribution in [0.4, 0.5) is 0 Å².